The highest BCUT2D eigenvalue weighted by molar-refractivity contribution is 6.16. The normalized spacial score (nSPS) is 11.5. The van der Waals surface area contributed by atoms with Crippen LogP contribution < -0.4 is 0 Å². The molecule has 5 nitrogen and oxygen atoms in total. The van der Waals surface area contributed by atoms with Gasteiger partial charge in [0.25, 0.3) is 0 Å². The van der Waals surface area contributed by atoms with Crippen LogP contribution in [0.1, 0.15) is 0 Å². The number of nitrogens with zero attached hydrogens (tertiary/aromatic N) is 4. The van der Waals surface area contributed by atoms with Crippen molar-refractivity contribution in [3.8, 4) is 73.2 Å². The van der Waals surface area contributed by atoms with Gasteiger partial charge in [-0.1, -0.05) is 194 Å². The number of fused-ring (bicyclic) bond motifs is 6. The lowest BCUT2D eigenvalue weighted by Crippen LogP contribution is -2.07. The van der Waals surface area contributed by atoms with Crippen LogP contribution in [0.25, 0.3) is 117 Å². The summed E-state index contributed by atoms with van der Waals surface area (Å²) in [4.78, 5) is 15.6. The van der Waals surface area contributed by atoms with Gasteiger partial charge < -0.3 is 4.42 Å². The molecule has 0 spiro atoms. The fraction of sp³-hybridized carbons (Fsp3) is 0. The Bertz CT molecular complexity index is 3590. The van der Waals surface area contributed by atoms with E-state index in [2.05, 4.69) is 180 Å². The molecule has 0 bridgehead atoms. The average molecular weight is 793 g/mol. The van der Waals surface area contributed by atoms with E-state index >= 15 is 0 Å². The third-order valence-corrected chi connectivity index (χ3v) is 11.9. The molecule has 0 fully saturated rings. The maximum absolute atomic E-state index is 6.61. The van der Waals surface area contributed by atoms with E-state index in [0.29, 0.717) is 17.6 Å². The van der Waals surface area contributed by atoms with Gasteiger partial charge in [0.15, 0.2) is 11.6 Å². The topological polar surface area (TPSA) is 56.7 Å². The summed E-state index contributed by atoms with van der Waals surface area (Å²) in [5.74, 6) is 1.75. The minimum absolute atomic E-state index is 0.547. The smallest absolute Gasteiger partial charge is 0.238 e. The molecule has 12 aromatic rings. The molecule has 9 aromatic carbocycles. The first-order valence-corrected chi connectivity index (χ1v) is 20.8. The monoisotopic (exact) mass is 792 g/mol. The summed E-state index contributed by atoms with van der Waals surface area (Å²) in [7, 11) is 0. The number of rotatable bonds is 7. The Labute approximate surface area is 357 Å². The Morgan fingerprint density at radius 3 is 1.50 bits per heavy atom. The first-order chi connectivity index (χ1) is 30.7. The molecule has 290 valence electrons. The maximum atomic E-state index is 6.61. The van der Waals surface area contributed by atoms with Crippen LogP contribution in [0.4, 0.5) is 0 Å². The standard InChI is InChI=1S/C57H36N4O/c1-4-14-37(15-5-1)38-26-28-39(29-27-38)40-30-32-43(33-31-40)56-58-55(42-18-8-3-9-19-42)59-57(60-56)61-50-24-11-10-20-47(50)48-23-12-22-46(54(48)61)44-34-35-49-52(36-44)62-51-25-13-21-45(53(49)51)41-16-6-2-7-17-41/h1-36H. The number of para-hydroxylation sites is 2. The summed E-state index contributed by atoms with van der Waals surface area (Å²) >= 11 is 0. The molecule has 0 N–H and O–H groups in total. The molecule has 0 atom stereocenters. The van der Waals surface area contributed by atoms with Crippen LogP contribution in [0.5, 0.6) is 0 Å². The molecule has 0 amide bonds. The van der Waals surface area contributed by atoms with Crippen molar-refractivity contribution in [3.05, 3.63) is 218 Å². The molecule has 0 aliphatic rings. The van der Waals surface area contributed by atoms with Gasteiger partial charge >= 0.3 is 0 Å². The Morgan fingerprint density at radius 2 is 0.823 bits per heavy atom. The van der Waals surface area contributed by atoms with E-state index in [-0.39, 0.29) is 0 Å². The van der Waals surface area contributed by atoms with Gasteiger partial charge in [-0.05, 0) is 63.2 Å². The van der Waals surface area contributed by atoms with E-state index < -0.39 is 0 Å². The van der Waals surface area contributed by atoms with Gasteiger partial charge in [-0.2, -0.15) is 9.97 Å². The van der Waals surface area contributed by atoms with E-state index in [1.165, 1.54) is 11.1 Å². The van der Waals surface area contributed by atoms with Gasteiger partial charge in [0.05, 0.1) is 11.0 Å². The largest absolute Gasteiger partial charge is 0.456 e. The fourth-order valence-electron chi connectivity index (χ4n) is 8.92. The van der Waals surface area contributed by atoms with E-state index in [0.717, 1.165) is 88.3 Å². The van der Waals surface area contributed by atoms with Crippen molar-refractivity contribution in [2.45, 2.75) is 0 Å². The Balaban J connectivity index is 1.01. The van der Waals surface area contributed by atoms with Crippen LogP contribution in [0, 0.1) is 0 Å². The van der Waals surface area contributed by atoms with Gasteiger partial charge in [-0.25, -0.2) is 4.98 Å². The maximum Gasteiger partial charge on any atom is 0.238 e. The Kier molecular flexibility index (Phi) is 8.42. The van der Waals surface area contributed by atoms with Crippen molar-refractivity contribution in [1.82, 2.24) is 19.5 Å². The summed E-state index contributed by atoms with van der Waals surface area (Å²) in [6, 6.07) is 76.2. The van der Waals surface area contributed by atoms with Crippen molar-refractivity contribution in [1.29, 1.82) is 0 Å². The fourth-order valence-corrected chi connectivity index (χ4v) is 8.92. The molecular formula is C57H36N4O. The molecule has 0 unspecified atom stereocenters. The van der Waals surface area contributed by atoms with Crippen LogP contribution >= 0.6 is 0 Å². The first-order valence-electron chi connectivity index (χ1n) is 20.8. The van der Waals surface area contributed by atoms with Crippen LogP contribution in [0.3, 0.4) is 0 Å². The van der Waals surface area contributed by atoms with Gasteiger partial charge in [0, 0.05) is 38.2 Å². The summed E-state index contributed by atoms with van der Waals surface area (Å²) in [5, 5.41) is 4.43. The minimum atomic E-state index is 0.547. The average Bonchev–Trinajstić information content (AvgIpc) is 3.91. The minimum Gasteiger partial charge on any atom is -0.456 e. The Morgan fingerprint density at radius 1 is 0.323 bits per heavy atom. The van der Waals surface area contributed by atoms with Crippen LogP contribution in [0.2, 0.25) is 0 Å². The van der Waals surface area contributed by atoms with Crippen molar-refractivity contribution in [2.75, 3.05) is 0 Å². The molecule has 62 heavy (non-hydrogen) atoms. The molecule has 0 aliphatic heterocycles. The highest BCUT2D eigenvalue weighted by atomic mass is 16.3. The van der Waals surface area contributed by atoms with E-state index in [9.17, 15) is 0 Å². The third kappa shape index (κ3) is 6.06. The van der Waals surface area contributed by atoms with Crippen molar-refractivity contribution < 1.29 is 4.42 Å². The lowest BCUT2D eigenvalue weighted by atomic mass is 9.97. The predicted octanol–water partition coefficient (Wildman–Crippen LogP) is 14.9. The summed E-state index contributed by atoms with van der Waals surface area (Å²) < 4.78 is 8.82. The summed E-state index contributed by atoms with van der Waals surface area (Å²) in [6.45, 7) is 0. The molecule has 0 aliphatic carbocycles. The molecule has 5 heteroatoms. The second-order valence-electron chi connectivity index (χ2n) is 15.6. The summed E-state index contributed by atoms with van der Waals surface area (Å²) in [6.07, 6.45) is 0. The number of hydrogen-bond acceptors (Lipinski definition) is 4. The number of benzene rings is 9. The van der Waals surface area contributed by atoms with Crippen LogP contribution in [0.15, 0.2) is 223 Å². The van der Waals surface area contributed by atoms with Crippen LogP contribution in [-0.2, 0) is 0 Å². The van der Waals surface area contributed by atoms with Gasteiger partial charge in [0.1, 0.15) is 11.2 Å². The molecule has 3 heterocycles. The SMILES string of the molecule is c1ccc(-c2ccc(-c3ccc(-c4nc(-c5ccccc5)nc(-n5c6ccccc6c6cccc(-c7ccc8c(c7)oc7cccc(-c9ccccc9)c78)c65)n4)cc3)cc2)cc1. The van der Waals surface area contributed by atoms with Gasteiger partial charge in [-0.15, -0.1) is 0 Å². The van der Waals surface area contributed by atoms with Gasteiger partial charge in [-0.3, -0.25) is 4.57 Å². The predicted molar refractivity (Wildman–Crippen MR) is 254 cm³/mol. The Hall–Kier alpha value is -8.41. The van der Waals surface area contributed by atoms with Crippen molar-refractivity contribution >= 4 is 43.7 Å². The summed E-state index contributed by atoms with van der Waals surface area (Å²) in [5.41, 5.74) is 14.6. The quantitative estimate of drug-likeness (QED) is 0.161. The molecule has 3 aromatic heterocycles. The van der Waals surface area contributed by atoms with Crippen LogP contribution in [-0.4, -0.2) is 19.5 Å². The number of furan rings is 1. The second kappa shape index (κ2) is 14.7. The number of aromatic nitrogens is 4. The van der Waals surface area contributed by atoms with E-state index in [4.69, 9.17) is 19.4 Å². The molecule has 0 saturated carbocycles. The zero-order valence-electron chi connectivity index (χ0n) is 33.5. The van der Waals surface area contributed by atoms with Gasteiger partial charge in [0.2, 0.25) is 5.95 Å². The zero-order valence-corrected chi connectivity index (χ0v) is 33.5. The number of hydrogen-bond donors (Lipinski definition) is 0. The molecule has 0 saturated heterocycles. The third-order valence-electron chi connectivity index (χ3n) is 11.9. The highest BCUT2D eigenvalue weighted by Crippen LogP contribution is 2.42. The first kappa shape index (κ1) is 35.5. The van der Waals surface area contributed by atoms with E-state index in [1.807, 2.05) is 42.5 Å². The van der Waals surface area contributed by atoms with E-state index in [1.54, 1.807) is 0 Å². The van der Waals surface area contributed by atoms with Crippen molar-refractivity contribution in [3.63, 3.8) is 0 Å². The van der Waals surface area contributed by atoms with Crippen molar-refractivity contribution in [2.24, 2.45) is 0 Å². The zero-order chi connectivity index (χ0) is 41.0. The lowest BCUT2D eigenvalue weighted by Gasteiger charge is -2.13. The highest BCUT2D eigenvalue weighted by Gasteiger charge is 2.21. The molecule has 0 radical (unpaired) electrons. The second-order valence-corrected chi connectivity index (χ2v) is 15.6. The molecule has 12 rings (SSSR count). The molecular weight excluding hydrogens is 757 g/mol. The lowest BCUT2D eigenvalue weighted by molar-refractivity contribution is 0.669.